The Kier molecular flexibility index (Phi) is 28.2. The van der Waals surface area contributed by atoms with Gasteiger partial charge in [0.15, 0.2) is 15.7 Å². The van der Waals surface area contributed by atoms with Crippen molar-refractivity contribution in [3.05, 3.63) is 160 Å². The predicted octanol–water partition coefficient (Wildman–Crippen LogP) is 13.5. The molecule has 3 unspecified atom stereocenters. The Balaban J connectivity index is 0.000000354. The number of benzene rings is 5. The average molecular weight is 1730 g/mol. The molecule has 7 heterocycles. The summed E-state index contributed by atoms with van der Waals surface area (Å²) < 4.78 is 167. The van der Waals surface area contributed by atoms with E-state index in [1.54, 1.807) is 61.7 Å². The van der Waals surface area contributed by atoms with Crippen molar-refractivity contribution in [3.8, 4) is 22.4 Å². The second kappa shape index (κ2) is 36.7. The van der Waals surface area contributed by atoms with Crippen LogP contribution in [0.5, 0.6) is 0 Å². The number of carbonyl (C=O) groups is 1. The zero-order valence-corrected chi connectivity index (χ0v) is 70.1. The van der Waals surface area contributed by atoms with Gasteiger partial charge in [-0.3, -0.25) is 14.1 Å². The van der Waals surface area contributed by atoms with Gasteiger partial charge in [-0.05, 0) is 188 Å². The van der Waals surface area contributed by atoms with E-state index in [0.717, 1.165) is 65.6 Å². The van der Waals surface area contributed by atoms with Crippen molar-refractivity contribution in [2.75, 3.05) is 121 Å². The van der Waals surface area contributed by atoms with Crippen LogP contribution in [-0.4, -0.2) is 185 Å². The number of aliphatic hydroxyl groups excluding tert-OH is 1. The molecule has 0 radical (unpaired) electrons. The number of nitrogens with two attached hydrogens (primary N) is 2. The van der Waals surface area contributed by atoms with Crippen LogP contribution in [0.15, 0.2) is 157 Å². The first-order chi connectivity index (χ1) is 53.8. The molecule has 12 rings (SSSR count). The molecule has 0 bridgehead atoms. The lowest BCUT2D eigenvalue weighted by Gasteiger charge is -2.42. The molecule has 9 N–H and O–H groups in total. The van der Waals surface area contributed by atoms with Gasteiger partial charge in [-0.15, -0.1) is 11.8 Å². The maximum atomic E-state index is 15.8. The third kappa shape index (κ3) is 21.0. The lowest BCUT2D eigenvalue weighted by atomic mass is 9.73. The molecule has 114 heavy (non-hydrogen) atoms. The van der Waals surface area contributed by atoms with Gasteiger partial charge >= 0.3 is 19.1 Å². The number of piperazine rings is 1. The molecule has 0 amide bonds. The number of hydrogen-bond donors (Lipinski definition) is 7. The number of ether oxygens (including phenoxy) is 2. The van der Waals surface area contributed by atoms with Crippen LogP contribution in [0.3, 0.4) is 0 Å². The Labute approximate surface area is 680 Å². The molecule has 3 aromatic heterocycles. The third-order valence-corrected chi connectivity index (χ3v) is 29.0. The molecule has 616 valence electrons. The number of esters is 1. The number of likely N-dealkylation sites (tertiary alicyclic amines) is 1. The van der Waals surface area contributed by atoms with Gasteiger partial charge in [0.2, 0.25) is 0 Å². The summed E-state index contributed by atoms with van der Waals surface area (Å²) in [4.78, 5) is 52.2. The van der Waals surface area contributed by atoms with Gasteiger partial charge in [-0.25, -0.2) is 44.6 Å². The first kappa shape index (κ1) is 87.6. The predicted molar refractivity (Wildman–Crippen MR) is 438 cm³/mol. The van der Waals surface area contributed by atoms with Crippen LogP contribution >= 0.6 is 54.3 Å². The van der Waals surface area contributed by atoms with Crippen molar-refractivity contribution < 1.29 is 76.5 Å². The SMILES string of the molecule is Cc1c(S(C)(=O)=O)c(-c2cc(F)cc(N3CCN(c4ccc(NS(=O)(=O)c5ccc(NC(CCN6CCC(C(=O)OCCCP(=O)(O)O)CC6)CSc6ccccc6)c(S(=O)(=O)C(F)(F)F)c5)cc4)CC3)c2)c(-c2ccc(Cl)cc2)n1C(C)C.Cc1nc(N2CCC3(CC2)COC(C)C3N)c(CO)nc1Sc1ccnc(N)c1Cl. The van der Waals surface area contributed by atoms with Crippen molar-refractivity contribution in [2.24, 2.45) is 17.1 Å². The number of sulfonamides is 1. The van der Waals surface area contributed by atoms with Crippen LogP contribution < -0.4 is 36.2 Å². The van der Waals surface area contributed by atoms with Crippen molar-refractivity contribution in [2.45, 2.75) is 139 Å². The van der Waals surface area contributed by atoms with Crippen LogP contribution in [0.2, 0.25) is 10.0 Å². The van der Waals surface area contributed by atoms with Crippen LogP contribution in [0.25, 0.3) is 22.4 Å². The van der Waals surface area contributed by atoms with E-state index in [1.165, 1.54) is 47.8 Å². The highest BCUT2D eigenvalue weighted by Gasteiger charge is 2.50. The average Bonchev–Trinajstić information content (AvgIpc) is 1.58. The molecule has 4 aliphatic rings. The van der Waals surface area contributed by atoms with E-state index in [-0.39, 0.29) is 65.4 Å². The van der Waals surface area contributed by atoms with Crippen molar-refractivity contribution in [1.82, 2.24) is 24.4 Å². The summed E-state index contributed by atoms with van der Waals surface area (Å²) in [6.07, 6.45) is 5.49. The van der Waals surface area contributed by atoms with E-state index in [2.05, 4.69) is 29.8 Å². The van der Waals surface area contributed by atoms with Crippen LogP contribution in [0, 0.1) is 31.0 Å². The Morgan fingerprint density at radius 1 is 0.833 bits per heavy atom. The number of aromatic nitrogens is 4. The zero-order valence-electron chi connectivity index (χ0n) is 63.6. The molecule has 8 aromatic rings. The van der Waals surface area contributed by atoms with E-state index in [0.29, 0.717) is 138 Å². The molecule has 5 aromatic carbocycles. The molecule has 1 spiro atoms. The van der Waals surface area contributed by atoms with Crippen LogP contribution in [0.1, 0.15) is 82.4 Å². The molecular weight excluding hydrogens is 1640 g/mol. The first-order valence-corrected chi connectivity index (χ1v) is 46.2. The standard InChI is InChI=1S/C57H66ClF4N6O11PS4.C20H27ClN6O2S/c1-38(2)68-39(3)55(82(4,73)74)53(54(68)40-11-13-43(58)14-12-40)42-33-44(59)35-48(34-42)67-29-27-66(28-30-67)47-17-15-45(16-18-47)64-84(77,78)50-19-20-51(52(36-50)83(75,76)57(60,61)62)63-46(37-81-49-9-6-5-7-10-49)23-26-65-24-21-41(22-25-65)56(69)79-31-8-32-80(70,71)72;1-11-19(30-14-3-6-24-17(23)15(14)21)26-13(9-28)18(25-11)27-7-4-20(5-8-27)10-29-12(2)16(20)22/h5-7,9-20,33-36,38,41,46,63-64H,8,21-32,37H2,1-4H3,(H2,70,71,72);3,6,12,16,28H,4-5,7-10,22H2,1-2H3,(H2,23,24). The molecule has 4 fully saturated rings. The Hall–Kier alpha value is -7.28. The van der Waals surface area contributed by atoms with E-state index in [9.17, 15) is 52.9 Å². The van der Waals surface area contributed by atoms with Crippen molar-refractivity contribution >= 4 is 124 Å². The molecule has 37 heteroatoms. The Morgan fingerprint density at radius 3 is 2.10 bits per heavy atom. The van der Waals surface area contributed by atoms with Gasteiger partial charge in [0.05, 0.1) is 69.9 Å². The van der Waals surface area contributed by atoms with E-state index >= 15 is 4.39 Å². The quantitative estimate of drug-likeness (QED) is 0.00826. The number of hydrogen-bond acceptors (Lipinski definition) is 23. The Morgan fingerprint density at radius 2 is 1.49 bits per heavy atom. The molecule has 4 saturated heterocycles. The number of sulfone groups is 2. The van der Waals surface area contributed by atoms with E-state index < -0.39 is 88.2 Å². The summed E-state index contributed by atoms with van der Waals surface area (Å²) in [6.45, 7) is 14.7. The number of halogens is 6. The van der Waals surface area contributed by atoms with Gasteiger partial charge in [0, 0.05) is 131 Å². The second-order valence-corrected chi connectivity index (χ2v) is 39.4. The highest BCUT2D eigenvalue weighted by Crippen LogP contribution is 2.47. The minimum Gasteiger partial charge on any atom is -0.465 e. The highest BCUT2D eigenvalue weighted by molar-refractivity contribution is 7.99. The number of piperidine rings is 2. The van der Waals surface area contributed by atoms with Gasteiger partial charge in [-0.1, -0.05) is 65.3 Å². The van der Waals surface area contributed by atoms with E-state index in [1.807, 2.05) is 72.4 Å². The van der Waals surface area contributed by atoms with Gasteiger partial charge < -0.3 is 65.3 Å². The summed E-state index contributed by atoms with van der Waals surface area (Å²) in [7, 11) is -18.9. The van der Waals surface area contributed by atoms with E-state index in [4.69, 9.17) is 58.9 Å². The first-order valence-electron chi connectivity index (χ1n) is 37.0. The maximum absolute atomic E-state index is 15.8. The number of nitrogens with one attached hydrogen (secondary N) is 2. The van der Waals surface area contributed by atoms with Gasteiger partial charge in [0.1, 0.15) is 27.3 Å². The normalized spacial score (nSPS) is 17.6. The van der Waals surface area contributed by atoms with Crippen LogP contribution in [0.4, 0.5) is 51.9 Å². The number of nitrogens with zero attached hydrogens (tertiary/aromatic N) is 8. The summed E-state index contributed by atoms with van der Waals surface area (Å²) in [5, 5.41) is 14.5. The molecule has 0 saturated carbocycles. The summed E-state index contributed by atoms with van der Waals surface area (Å²) in [6, 6.07) is 30.5. The minimum atomic E-state index is -6.13. The maximum Gasteiger partial charge on any atom is 0.501 e. The number of thioether (sulfide) groups is 1. The number of alkyl halides is 3. The summed E-state index contributed by atoms with van der Waals surface area (Å²) in [5.41, 5.74) is 11.2. The summed E-state index contributed by atoms with van der Waals surface area (Å²) in [5.74, 6) is -0.188. The van der Waals surface area contributed by atoms with Crippen molar-refractivity contribution in [1.29, 1.82) is 0 Å². The number of aryl methyl sites for hydroxylation is 1. The fraction of sp³-hybridized carbons (Fsp3) is 0.429. The number of pyridine rings is 1. The number of aliphatic hydroxyl groups is 1. The van der Waals surface area contributed by atoms with Crippen molar-refractivity contribution in [3.63, 3.8) is 0 Å². The second-order valence-electron chi connectivity index (χ2n) is 29.1. The fourth-order valence-electron chi connectivity index (χ4n) is 14.8. The molecule has 25 nitrogen and oxygen atoms in total. The highest BCUT2D eigenvalue weighted by atomic mass is 35.5. The summed E-state index contributed by atoms with van der Waals surface area (Å²) >= 11 is 15.3. The monoisotopic (exact) mass is 1730 g/mol. The largest absolute Gasteiger partial charge is 0.501 e. The lowest BCUT2D eigenvalue weighted by Crippen LogP contribution is -2.51. The lowest BCUT2D eigenvalue weighted by molar-refractivity contribution is -0.150. The number of nitrogen functional groups attached to an aromatic ring is 1. The number of anilines is 6. The molecule has 3 atom stereocenters. The fourth-order valence-corrected chi connectivity index (χ4v) is 20.9. The Bertz CT molecular complexity index is 5160. The molecular formula is C77H93Cl2F4N12O13PS5. The van der Waals surface area contributed by atoms with Gasteiger partial charge in [-0.2, -0.15) is 13.2 Å². The van der Waals surface area contributed by atoms with Gasteiger partial charge in [0.25, 0.3) is 19.9 Å². The smallest absolute Gasteiger partial charge is 0.465 e. The topological polar surface area (TPSA) is 348 Å². The molecule has 4 aliphatic heterocycles. The zero-order chi connectivity index (χ0) is 82.4. The van der Waals surface area contributed by atoms with Crippen LogP contribution in [-0.2, 0) is 55.1 Å². The number of rotatable bonds is 27. The minimum absolute atomic E-state index is 0.0139. The third-order valence-electron chi connectivity index (χ3n) is 20.9. The number of carbonyl (C=O) groups excluding carboxylic acids is 1. The molecule has 0 aliphatic carbocycles.